The number of phenolic OH excluding ortho intramolecular Hbond substituents is 1. The predicted octanol–water partition coefficient (Wildman–Crippen LogP) is 8.59. The van der Waals surface area contributed by atoms with E-state index in [0.717, 1.165) is 47.3 Å². The van der Waals surface area contributed by atoms with E-state index >= 15 is 0 Å². The zero-order chi connectivity index (χ0) is 21.9. The predicted molar refractivity (Wildman–Crippen MR) is 127 cm³/mol. The number of aromatic hydroxyl groups is 1. The molecule has 0 saturated carbocycles. The summed E-state index contributed by atoms with van der Waals surface area (Å²) in [7, 11) is 0. The number of hydrogen-bond donors (Lipinski definition) is 1. The van der Waals surface area contributed by atoms with E-state index in [-0.39, 0.29) is 12.4 Å². The zero-order valence-corrected chi connectivity index (χ0v) is 20.3. The van der Waals surface area contributed by atoms with Gasteiger partial charge in [-0.3, -0.25) is 0 Å². The Bertz CT molecular complexity index is 638. The summed E-state index contributed by atoms with van der Waals surface area (Å²) in [5.41, 5.74) is 4.02. The number of unbranched alkanes of at least 4 members (excludes halogenated alkanes) is 10. The Morgan fingerprint density at radius 2 is 1.20 bits per heavy atom. The first-order valence-corrected chi connectivity index (χ1v) is 12.7. The summed E-state index contributed by atoms with van der Waals surface area (Å²) >= 11 is 0. The van der Waals surface area contributed by atoms with Crippen molar-refractivity contribution in [2.45, 2.75) is 137 Å². The van der Waals surface area contributed by atoms with Crippen LogP contribution in [0.5, 0.6) is 11.5 Å². The Labute approximate surface area is 185 Å². The maximum atomic E-state index is 10.6. The SMILES string of the molecule is CCCCCCCCC1Oc2c(C)c(C)c(O)c(C)c2C(CCCCCCCC)O1. The lowest BCUT2D eigenvalue weighted by molar-refractivity contribution is -0.147. The molecule has 0 bridgehead atoms. The van der Waals surface area contributed by atoms with Crippen LogP contribution in [-0.2, 0) is 4.74 Å². The van der Waals surface area contributed by atoms with E-state index in [4.69, 9.17) is 9.47 Å². The molecule has 3 heteroatoms. The highest BCUT2D eigenvalue weighted by Gasteiger charge is 2.33. The van der Waals surface area contributed by atoms with Gasteiger partial charge in [-0.05, 0) is 44.7 Å². The second kappa shape index (κ2) is 13.2. The van der Waals surface area contributed by atoms with Crippen molar-refractivity contribution in [2.75, 3.05) is 0 Å². The molecule has 0 spiro atoms. The summed E-state index contributed by atoms with van der Waals surface area (Å²) in [6.07, 6.45) is 17.2. The molecule has 1 N–H and O–H groups in total. The van der Waals surface area contributed by atoms with E-state index in [1.54, 1.807) is 0 Å². The fourth-order valence-electron chi connectivity index (χ4n) is 4.62. The molecule has 1 aliphatic rings. The fourth-order valence-corrected chi connectivity index (χ4v) is 4.62. The third kappa shape index (κ3) is 6.90. The van der Waals surface area contributed by atoms with Crippen molar-refractivity contribution in [3.05, 3.63) is 22.3 Å². The first-order valence-electron chi connectivity index (χ1n) is 12.7. The number of ether oxygens (including phenoxy) is 2. The van der Waals surface area contributed by atoms with Crippen LogP contribution in [0.1, 0.15) is 132 Å². The number of phenols is 1. The lowest BCUT2D eigenvalue weighted by atomic mass is 9.91. The Hall–Kier alpha value is -1.22. The number of benzene rings is 1. The minimum atomic E-state index is -0.157. The van der Waals surface area contributed by atoms with Crippen molar-refractivity contribution in [1.29, 1.82) is 0 Å². The molecule has 0 aromatic heterocycles. The quantitative estimate of drug-likeness (QED) is 0.307. The summed E-state index contributed by atoms with van der Waals surface area (Å²) in [6.45, 7) is 10.6. The van der Waals surface area contributed by atoms with E-state index in [0.29, 0.717) is 5.75 Å². The summed E-state index contributed by atoms with van der Waals surface area (Å²) in [4.78, 5) is 0. The van der Waals surface area contributed by atoms with Gasteiger partial charge >= 0.3 is 0 Å². The van der Waals surface area contributed by atoms with Crippen molar-refractivity contribution in [2.24, 2.45) is 0 Å². The van der Waals surface area contributed by atoms with Crippen LogP contribution in [0.25, 0.3) is 0 Å². The lowest BCUT2D eigenvalue weighted by Gasteiger charge is -2.36. The average Bonchev–Trinajstić information content (AvgIpc) is 2.75. The van der Waals surface area contributed by atoms with Crippen molar-refractivity contribution in [1.82, 2.24) is 0 Å². The highest BCUT2D eigenvalue weighted by atomic mass is 16.7. The molecular weight excluding hydrogens is 372 g/mol. The van der Waals surface area contributed by atoms with Crippen LogP contribution >= 0.6 is 0 Å². The van der Waals surface area contributed by atoms with Gasteiger partial charge in [0.15, 0.2) is 0 Å². The molecule has 2 atom stereocenters. The van der Waals surface area contributed by atoms with E-state index < -0.39 is 0 Å². The Morgan fingerprint density at radius 1 is 0.667 bits per heavy atom. The third-order valence-corrected chi connectivity index (χ3v) is 6.76. The van der Waals surface area contributed by atoms with Crippen molar-refractivity contribution >= 4 is 0 Å². The Morgan fingerprint density at radius 3 is 1.80 bits per heavy atom. The van der Waals surface area contributed by atoms with E-state index in [1.165, 1.54) is 70.6 Å². The van der Waals surface area contributed by atoms with Gasteiger partial charge in [0.1, 0.15) is 11.5 Å². The smallest absolute Gasteiger partial charge is 0.200 e. The minimum absolute atomic E-state index is 0.0372. The van der Waals surface area contributed by atoms with Crippen LogP contribution in [0, 0.1) is 20.8 Å². The topological polar surface area (TPSA) is 38.7 Å². The van der Waals surface area contributed by atoms with Crippen molar-refractivity contribution in [3.8, 4) is 11.5 Å². The molecule has 1 aromatic rings. The van der Waals surface area contributed by atoms with Crippen LogP contribution in [0.4, 0.5) is 0 Å². The van der Waals surface area contributed by atoms with Crippen molar-refractivity contribution in [3.63, 3.8) is 0 Å². The average molecular weight is 419 g/mol. The normalized spacial score (nSPS) is 18.3. The molecule has 0 radical (unpaired) electrons. The number of hydrogen-bond acceptors (Lipinski definition) is 3. The lowest BCUT2D eigenvalue weighted by Crippen LogP contribution is -2.30. The largest absolute Gasteiger partial charge is 0.507 e. The molecule has 172 valence electrons. The minimum Gasteiger partial charge on any atom is -0.507 e. The monoisotopic (exact) mass is 418 g/mol. The highest BCUT2D eigenvalue weighted by Crippen LogP contribution is 2.46. The molecule has 30 heavy (non-hydrogen) atoms. The van der Waals surface area contributed by atoms with Crippen molar-refractivity contribution < 1.29 is 14.6 Å². The fraction of sp³-hybridized carbons (Fsp3) is 0.778. The second-order valence-corrected chi connectivity index (χ2v) is 9.25. The van der Waals surface area contributed by atoms with Gasteiger partial charge in [-0.25, -0.2) is 0 Å². The number of rotatable bonds is 14. The standard InChI is InChI=1S/C27H46O3/c1-6-8-10-12-14-16-18-23-25-22(5)26(28)20(3)21(4)27(25)30-24(29-23)19-17-15-13-11-9-7-2/h23-24,28H,6-19H2,1-5H3. The van der Waals surface area contributed by atoms with Gasteiger partial charge in [0.25, 0.3) is 0 Å². The Balaban J connectivity index is 2.03. The van der Waals surface area contributed by atoms with Gasteiger partial charge in [0.05, 0.1) is 6.10 Å². The van der Waals surface area contributed by atoms with Gasteiger partial charge in [-0.15, -0.1) is 0 Å². The highest BCUT2D eigenvalue weighted by molar-refractivity contribution is 5.58. The van der Waals surface area contributed by atoms with Gasteiger partial charge in [0, 0.05) is 17.5 Å². The molecule has 0 fully saturated rings. The molecule has 0 aliphatic carbocycles. The van der Waals surface area contributed by atoms with Gasteiger partial charge in [-0.2, -0.15) is 0 Å². The summed E-state index contributed by atoms with van der Waals surface area (Å²) in [6, 6.07) is 0. The molecule has 2 unspecified atom stereocenters. The Kier molecular flexibility index (Phi) is 11.1. The number of fused-ring (bicyclic) bond motifs is 1. The second-order valence-electron chi connectivity index (χ2n) is 9.25. The third-order valence-electron chi connectivity index (χ3n) is 6.76. The first kappa shape index (κ1) is 25.0. The van der Waals surface area contributed by atoms with Crippen LogP contribution in [0.2, 0.25) is 0 Å². The van der Waals surface area contributed by atoms with E-state index in [9.17, 15) is 5.11 Å². The summed E-state index contributed by atoms with van der Waals surface area (Å²) in [5.74, 6) is 1.38. The van der Waals surface area contributed by atoms with Crippen LogP contribution in [0.15, 0.2) is 0 Å². The summed E-state index contributed by atoms with van der Waals surface area (Å²) < 4.78 is 12.8. The molecular formula is C27H46O3. The molecule has 1 aliphatic heterocycles. The van der Waals surface area contributed by atoms with E-state index in [1.807, 2.05) is 13.8 Å². The van der Waals surface area contributed by atoms with Gasteiger partial charge in [0.2, 0.25) is 6.29 Å². The van der Waals surface area contributed by atoms with E-state index in [2.05, 4.69) is 20.8 Å². The van der Waals surface area contributed by atoms with Gasteiger partial charge in [-0.1, -0.05) is 84.5 Å². The maximum Gasteiger partial charge on any atom is 0.200 e. The molecule has 0 amide bonds. The first-order chi connectivity index (χ1) is 14.5. The molecule has 0 saturated heterocycles. The van der Waals surface area contributed by atoms with Crippen LogP contribution in [0.3, 0.4) is 0 Å². The molecule has 3 nitrogen and oxygen atoms in total. The summed E-state index contributed by atoms with van der Waals surface area (Å²) in [5, 5.41) is 10.6. The molecule has 1 aromatic carbocycles. The maximum absolute atomic E-state index is 10.6. The molecule has 1 heterocycles. The van der Waals surface area contributed by atoms with Crippen LogP contribution in [-0.4, -0.2) is 11.4 Å². The molecule has 2 rings (SSSR count). The van der Waals surface area contributed by atoms with Crippen LogP contribution < -0.4 is 4.74 Å². The van der Waals surface area contributed by atoms with Gasteiger partial charge < -0.3 is 14.6 Å². The zero-order valence-electron chi connectivity index (χ0n) is 20.3.